The molecule has 2 aromatic carbocycles. The van der Waals surface area contributed by atoms with Crippen LogP contribution < -0.4 is 15.5 Å². The van der Waals surface area contributed by atoms with Crippen LogP contribution in [-0.2, 0) is 6.54 Å². The summed E-state index contributed by atoms with van der Waals surface area (Å²) in [5.41, 5.74) is 4.67. The SMILES string of the molecule is Cc1ccc(CNc2cc(N3CCC(NC(C)(C)C)CC3)c3ccc(C)c(F)c3n2)cc1. The fourth-order valence-electron chi connectivity index (χ4n) is 4.47. The van der Waals surface area contributed by atoms with Gasteiger partial charge in [-0.1, -0.05) is 42.0 Å². The van der Waals surface area contributed by atoms with Gasteiger partial charge in [0, 0.05) is 48.4 Å². The molecule has 0 amide bonds. The van der Waals surface area contributed by atoms with E-state index in [1.54, 1.807) is 6.92 Å². The van der Waals surface area contributed by atoms with E-state index in [2.05, 4.69) is 78.5 Å². The van der Waals surface area contributed by atoms with Crippen LogP contribution in [0.1, 0.15) is 50.3 Å². The molecule has 4 rings (SSSR count). The molecule has 0 unspecified atom stereocenters. The summed E-state index contributed by atoms with van der Waals surface area (Å²) in [6.45, 7) is 13.1. The van der Waals surface area contributed by atoms with Crippen LogP contribution in [0.5, 0.6) is 0 Å². The van der Waals surface area contributed by atoms with Crippen LogP contribution in [0, 0.1) is 19.7 Å². The highest BCUT2D eigenvalue weighted by Gasteiger charge is 2.25. The largest absolute Gasteiger partial charge is 0.371 e. The van der Waals surface area contributed by atoms with Crippen molar-refractivity contribution in [2.75, 3.05) is 23.3 Å². The zero-order valence-corrected chi connectivity index (χ0v) is 19.9. The topological polar surface area (TPSA) is 40.2 Å². The Bertz CT molecular complexity index is 1080. The molecule has 0 aliphatic carbocycles. The molecule has 2 heterocycles. The van der Waals surface area contributed by atoms with E-state index in [9.17, 15) is 0 Å². The Morgan fingerprint density at radius 3 is 2.38 bits per heavy atom. The molecule has 170 valence electrons. The molecule has 0 atom stereocenters. The van der Waals surface area contributed by atoms with Crippen LogP contribution in [-0.4, -0.2) is 29.7 Å². The van der Waals surface area contributed by atoms with Crippen LogP contribution in [0.3, 0.4) is 0 Å². The Kier molecular flexibility index (Phi) is 6.38. The van der Waals surface area contributed by atoms with Gasteiger partial charge in [-0.05, 0) is 58.6 Å². The van der Waals surface area contributed by atoms with Crippen LogP contribution in [0.2, 0.25) is 0 Å². The van der Waals surface area contributed by atoms with Gasteiger partial charge in [0.2, 0.25) is 0 Å². The summed E-state index contributed by atoms with van der Waals surface area (Å²) >= 11 is 0. The fourth-order valence-corrected chi connectivity index (χ4v) is 4.47. The molecular formula is C27H35FN4. The first kappa shape index (κ1) is 22.5. The number of nitrogens with one attached hydrogen (secondary N) is 2. The normalized spacial score (nSPS) is 15.4. The lowest BCUT2D eigenvalue weighted by molar-refractivity contribution is 0.317. The van der Waals surface area contributed by atoms with Crippen LogP contribution >= 0.6 is 0 Å². The van der Waals surface area contributed by atoms with E-state index in [0.29, 0.717) is 29.5 Å². The van der Waals surface area contributed by atoms with Crippen molar-refractivity contribution >= 4 is 22.4 Å². The molecule has 4 nitrogen and oxygen atoms in total. The number of hydrogen-bond acceptors (Lipinski definition) is 4. The summed E-state index contributed by atoms with van der Waals surface area (Å²) in [7, 11) is 0. The number of pyridine rings is 1. The first-order chi connectivity index (χ1) is 15.2. The second kappa shape index (κ2) is 9.07. The summed E-state index contributed by atoms with van der Waals surface area (Å²) in [6, 6.07) is 14.9. The van der Waals surface area contributed by atoms with Gasteiger partial charge in [0.1, 0.15) is 11.3 Å². The summed E-state index contributed by atoms with van der Waals surface area (Å²) < 4.78 is 15.1. The zero-order valence-electron chi connectivity index (χ0n) is 19.9. The standard InChI is InChI=1S/C27H35FN4/c1-18-6-9-20(10-7-18)17-29-24-16-23(22-11-8-19(2)25(28)26(22)30-24)32-14-12-21(13-15-32)31-27(3,4)5/h6-11,16,21,31H,12-15,17H2,1-5H3,(H,29,30). The van der Waals surface area contributed by atoms with Gasteiger partial charge in [-0.15, -0.1) is 0 Å². The van der Waals surface area contributed by atoms with Crippen molar-refractivity contribution in [2.45, 2.75) is 65.6 Å². The minimum absolute atomic E-state index is 0.115. The van der Waals surface area contributed by atoms with Crippen molar-refractivity contribution in [3.05, 3.63) is 65.0 Å². The molecule has 1 fully saturated rings. The molecule has 2 N–H and O–H groups in total. The Morgan fingerprint density at radius 1 is 1.03 bits per heavy atom. The van der Waals surface area contributed by atoms with Gasteiger partial charge >= 0.3 is 0 Å². The average molecular weight is 435 g/mol. The zero-order chi connectivity index (χ0) is 22.9. The Balaban J connectivity index is 1.61. The van der Waals surface area contributed by atoms with Crippen LogP contribution in [0.15, 0.2) is 42.5 Å². The number of benzene rings is 2. The van der Waals surface area contributed by atoms with Gasteiger partial charge < -0.3 is 15.5 Å². The summed E-state index contributed by atoms with van der Waals surface area (Å²) in [5.74, 6) is 0.486. The lowest BCUT2D eigenvalue weighted by Gasteiger charge is -2.37. The summed E-state index contributed by atoms with van der Waals surface area (Å²) in [5, 5.41) is 8.03. The number of anilines is 2. The average Bonchev–Trinajstić information content (AvgIpc) is 2.75. The third-order valence-corrected chi connectivity index (χ3v) is 6.16. The lowest BCUT2D eigenvalue weighted by atomic mass is 9.99. The quantitative estimate of drug-likeness (QED) is 0.520. The third kappa shape index (κ3) is 5.21. The molecule has 0 spiro atoms. The van der Waals surface area contributed by atoms with Gasteiger partial charge in [0.25, 0.3) is 0 Å². The van der Waals surface area contributed by atoms with E-state index in [0.717, 1.165) is 37.0 Å². The minimum atomic E-state index is -0.230. The van der Waals surface area contributed by atoms with Crippen LogP contribution in [0.4, 0.5) is 15.9 Å². The predicted molar refractivity (Wildman–Crippen MR) is 133 cm³/mol. The van der Waals surface area contributed by atoms with Crippen molar-refractivity contribution in [3.63, 3.8) is 0 Å². The van der Waals surface area contributed by atoms with E-state index in [1.165, 1.54) is 11.1 Å². The second-order valence-corrected chi connectivity index (χ2v) is 10.1. The van der Waals surface area contributed by atoms with E-state index >= 15 is 4.39 Å². The number of halogens is 1. The first-order valence-corrected chi connectivity index (χ1v) is 11.6. The van der Waals surface area contributed by atoms with Gasteiger partial charge in [-0.3, -0.25) is 0 Å². The van der Waals surface area contributed by atoms with E-state index in [-0.39, 0.29) is 11.4 Å². The molecule has 3 aromatic rings. The van der Waals surface area contributed by atoms with Crippen molar-refractivity contribution in [1.29, 1.82) is 0 Å². The number of rotatable bonds is 5. The highest BCUT2D eigenvalue weighted by molar-refractivity contribution is 5.94. The van der Waals surface area contributed by atoms with Crippen LogP contribution in [0.25, 0.3) is 10.9 Å². The van der Waals surface area contributed by atoms with Crippen molar-refractivity contribution < 1.29 is 4.39 Å². The van der Waals surface area contributed by atoms with E-state index < -0.39 is 0 Å². The third-order valence-electron chi connectivity index (χ3n) is 6.16. The maximum Gasteiger partial charge on any atom is 0.152 e. The Labute approximate surface area is 191 Å². The number of aryl methyl sites for hydroxylation is 2. The van der Waals surface area contributed by atoms with E-state index in [4.69, 9.17) is 0 Å². The Hall–Kier alpha value is -2.66. The molecule has 0 radical (unpaired) electrons. The second-order valence-electron chi connectivity index (χ2n) is 10.1. The number of fused-ring (bicyclic) bond motifs is 1. The fraction of sp³-hybridized carbons (Fsp3) is 0.444. The van der Waals surface area contributed by atoms with Gasteiger partial charge in [-0.25, -0.2) is 9.37 Å². The van der Waals surface area contributed by atoms with Gasteiger partial charge in [0.05, 0.1) is 0 Å². The molecule has 0 saturated carbocycles. The molecule has 1 saturated heterocycles. The minimum Gasteiger partial charge on any atom is -0.371 e. The molecule has 0 bridgehead atoms. The maximum atomic E-state index is 15.1. The number of piperidine rings is 1. The van der Waals surface area contributed by atoms with Crippen molar-refractivity contribution in [2.24, 2.45) is 0 Å². The summed E-state index contributed by atoms with van der Waals surface area (Å²) in [6.07, 6.45) is 2.14. The van der Waals surface area contributed by atoms with Gasteiger partial charge in [0.15, 0.2) is 5.82 Å². The molecule has 5 heteroatoms. The molecule has 1 aliphatic rings. The highest BCUT2D eigenvalue weighted by atomic mass is 19.1. The lowest BCUT2D eigenvalue weighted by Crippen LogP contribution is -2.49. The first-order valence-electron chi connectivity index (χ1n) is 11.6. The maximum absolute atomic E-state index is 15.1. The molecule has 1 aromatic heterocycles. The number of nitrogens with zero attached hydrogens (tertiary/aromatic N) is 2. The molecule has 1 aliphatic heterocycles. The van der Waals surface area contributed by atoms with Crippen molar-refractivity contribution in [3.8, 4) is 0 Å². The van der Waals surface area contributed by atoms with Crippen molar-refractivity contribution in [1.82, 2.24) is 10.3 Å². The highest BCUT2D eigenvalue weighted by Crippen LogP contribution is 2.33. The van der Waals surface area contributed by atoms with E-state index in [1.807, 2.05) is 12.1 Å². The monoisotopic (exact) mass is 434 g/mol. The molecule has 32 heavy (non-hydrogen) atoms. The smallest absolute Gasteiger partial charge is 0.152 e. The number of hydrogen-bond donors (Lipinski definition) is 2. The predicted octanol–water partition coefficient (Wildman–Crippen LogP) is 5.96. The molecular weight excluding hydrogens is 399 g/mol. The number of aromatic nitrogens is 1. The summed E-state index contributed by atoms with van der Waals surface area (Å²) in [4.78, 5) is 7.05. The Morgan fingerprint density at radius 2 is 1.72 bits per heavy atom. The van der Waals surface area contributed by atoms with Gasteiger partial charge in [-0.2, -0.15) is 0 Å².